The normalized spacial score (nSPS) is 14.5. The molecule has 3 heterocycles. The molecule has 0 saturated carbocycles. The lowest BCUT2D eigenvalue weighted by Crippen LogP contribution is -2.31. The summed E-state index contributed by atoms with van der Waals surface area (Å²) in [6.45, 7) is 1.97. The van der Waals surface area contributed by atoms with Crippen LogP contribution >= 0.6 is 0 Å². The Kier molecular flexibility index (Phi) is 3.49. The van der Waals surface area contributed by atoms with Gasteiger partial charge >= 0.3 is 0 Å². The second-order valence-corrected chi connectivity index (χ2v) is 5.80. The van der Waals surface area contributed by atoms with Crippen molar-refractivity contribution in [3.8, 4) is 11.3 Å². The SMILES string of the molecule is O=C(Cn1cc(-c2ccc3ncccc3c2)nn1)N1CCCC1. The van der Waals surface area contributed by atoms with E-state index in [2.05, 4.69) is 15.3 Å². The Bertz CT molecular complexity index is 851. The first-order valence-electron chi connectivity index (χ1n) is 7.83. The third-order valence-electron chi connectivity index (χ3n) is 4.19. The van der Waals surface area contributed by atoms with Gasteiger partial charge in [-0.25, -0.2) is 4.68 Å². The summed E-state index contributed by atoms with van der Waals surface area (Å²) in [6.07, 6.45) is 5.80. The second kappa shape index (κ2) is 5.79. The molecule has 6 nitrogen and oxygen atoms in total. The number of fused-ring (bicyclic) bond motifs is 1. The van der Waals surface area contributed by atoms with Gasteiger partial charge in [0.25, 0.3) is 0 Å². The van der Waals surface area contributed by atoms with Gasteiger partial charge in [-0.05, 0) is 31.0 Å². The Balaban J connectivity index is 1.55. The number of carbonyl (C=O) groups excluding carboxylic acids is 1. The van der Waals surface area contributed by atoms with E-state index in [1.807, 2.05) is 41.4 Å². The van der Waals surface area contributed by atoms with Crippen LogP contribution in [0.4, 0.5) is 0 Å². The first kappa shape index (κ1) is 13.9. The van der Waals surface area contributed by atoms with Gasteiger partial charge < -0.3 is 4.90 Å². The number of nitrogens with zero attached hydrogens (tertiary/aromatic N) is 5. The van der Waals surface area contributed by atoms with Gasteiger partial charge in [0, 0.05) is 30.2 Å². The number of hydrogen-bond donors (Lipinski definition) is 0. The highest BCUT2D eigenvalue weighted by molar-refractivity contribution is 5.83. The van der Waals surface area contributed by atoms with Crippen molar-refractivity contribution in [1.29, 1.82) is 0 Å². The fraction of sp³-hybridized carbons (Fsp3) is 0.294. The highest BCUT2D eigenvalue weighted by Crippen LogP contribution is 2.21. The van der Waals surface area contributed by atoms with Crippen LogP contribution in [0.15, 0.2) is 42.7 Å². The van der Waals surface area contributed by atoms with Crippen molar-refractivity contribution >= 4 is 16.8 Å². The van der Waals surface area contributed by atoms with E-state index >= 15 is 0 Å². The number of hydrogen-bond acceptors (Lipinski definition) is 4. The summed E-state index contributed by atoms with van der Waals surface area (Å²) in [5, 5.41) is 9.34. The summed E-state index contributed by atoms with van der Waals surface area (Å²) in [4.78, 5) is 18.4. The Hall–Kier alpha value is -2.76. The molecule has 0 radical (unpaired) electrons. The van der Waals surface area contributed by atoms with Crippen molar-refractivity contribution in [1.82, 2.24) is 24.9 Å². The van der Waals surface area contributed by atoms with Crippen LogP contribution in [-0.4, -0.2) is 43.9 Å². The lowest BCUT2D eigenvalue weighted by atomic mass is 10.1. The average molecular weight is 307 g/mol. The van der Waals surface area contributed by atoms with E-state index in [-0.39, 0.29) is 12.5 Å². The molecule has 4 rings (SSSR count). The maximum absolute atomic E-state index is 12.2. The van der Waals surface area contributed by atoms with Gasteiger partial charge in [0.2, 0.25) is 5.91 Å². The van der Waals surface area contributed by atoms with Crippen molar-refractivity contribution in [3.63, 3.8) is 0 Å². The quantitative estimate of drug-likeness (QED) is 0.743. The Morgan fingerprint density at radius 1 is 1.17 bits per heavy atom. The zero-order valence-corrected chi connectivity index (χ0v) is 12.7. The highest BCUT2D eigenvalue weighted by Gasteiger charge is 2.18. The molecule has 1 amide bonds. The predicted molar refractivity (Wildman–Crippen MR) is 86.6 cm³/mol. The molecule has 3 aromatic rings. The third kappa shape index (κ3) is 2.79. The summed E-state index contributed by atoms with van der Waals surface area (Å²) in [5.41, 5.74) is 2.70. The van der Waals surface area contributed by atoms with Crippen LogP contribution in [0.1, 0.15) is 12.8 Å². The minimum absolute atomic E-state index is 0.113. The summed E-state index contributed by atoms with van der Waals surface area (Å²) in [6, 6.07) is 9.93. The molecule has 0 spiro atoms. The van der Waals surface area contributed by atoms with Gasteiger partial charge in [-0.15, -0.1) is 5.10 Å². The van der Waals surface area contributed by atoms with E-state index in [4.69, 9.17) is 0 Å². The molecule has 0 atom stereocenters. The summed E-state index contributed by atoms with van der Waals surface area (Å²) in [7, 11) is 0. The molecule has 2 aromatic heterocycles. The number of amides is 1. The topological polar surface area (TPSA) is 63.9 Å². The van der Waals surface area contributed by atoms with Crippen LogP contribution in [0.25, 0.3) is 22.2 Å². The molecule has 1 fully saturated rings. The molecule has 23 heavy (non-hydrogen) atoms. The predicted octanol–water partition coefficient (Wildman–Crippen LogP) is 2.12. The van der Waals surface area contributed by atoms with Crippen molar-refractivity contribution < 1.29 is 4.79 Å². The molecule has 1 aliphatic heterocycles. The third-order valence-corrected chi connectivity index (χ3v) is 4.19. The van der Waals surface area contributed by atoms with Crippen molar-refractivity contribution in [2.75, 3.05) is 13.1 Å². The van der Waals surface area contributed by atoms with Gasteiger partial charge in [0.1, 0.15) is 12.2 Å². The van der Waals surface area contributed by atoms with Crippen LogP contribution in [0.2, 0.25) is 0 Å². The zero-order valence-electron chi connectivity index (χ0n) is 12.7. The molecule has 0 unspecified atom stereocenters. The molecule has 116 valence electrons. The lowest BCUT2D eigenvalue weighted by molar-refractivity contribution is -0.130. The Morgan fingerprint density at radius 2 is 2.04 bits per heavy atom. The van der Waals surface area contributed by atoms with Gasteiger partial charge in [0.15, 0.2) is 0 Å². The number of benzene rings is 1. The molecular weight excluding hydrogens is 290 g/mol. The van der Waals surface area contributed by atoms with Crippen LogP contribution in [-0.2, 0) is 11.3 Å². The number of aromatic nitrogens is 4. The van der Waals surface area contributed by atoms with Crippen molar-refractivity contribution in [2.45, 2.75) is 19.4 Å². The molecule has 1 aliphatic rings. The molecule has 1 saturated heterocycles. The fourth-order valence-corrected chi connectivity index (χ4v) is 2.95. The fourth-order valence-electron chi connectivity index (χ4n) is 2.95. The average Bonchev–Trinajstić information content (AvgIpc) is 3.26. The van der Waals surface area contributed by atoms with E-state index < -0.39 is 0 Å². The first-order valence-corrected chi connectivity index (χ1v) is 7.83. The van der Waals surface area contributed by atoms with E-state index in [9.17, 15) is 4.79 Å². The largest absolute Gasteiger partial charge is 0.341 e. The lowest BCUT2D eigenvalue weighted by Gasteiger charge is -2.14. The van der Waals surface area contributed by atoms with Gasteiger partial charge in [0.05, 0.1) is 11.7 Å². The maximum atomic E-state index is 12.2. The number of rotatable bonds is 3. The van der Waals surface area contributed by atoms with E-state index in [0.29, 0.717) is 0 Å². The van der Waals surface area contributed by atoms with Gasteiger partial charge in [-0.3, -0.25) is 9.78 Å². The smallest absolute Gasteiger partial charge is 0.244 e. The summed E-state index contributed by atoms with van der Waals surface area (Å²) < 4.78 is 1.61. The molecule has 0 N–H and O–H groups in total. The minimum atomic E-state index is 0.113. The maximum Gasteiger partial charge on any atom is 0.244 e. The van der Waals surface area contributed by atoms with Crippen LogP contribution in [0.3, 0.4) is 0 Å². The standard InChI is InChI=1S/C17H17N5O/c23-17(21-8-1-2-9-21)12-22-11-16(19-20-22)14-5-6-15-13(10-14)4-3-7-18-15/h3-7,10-11H,1-2,8-9,12H2. The van der Waals surface area contributed by atoms with Gasteiger partial charge in [-0.1, -0.05) is 17.3 Å². The van der Waals surface area contributed by atoms with Crippen molar-refractivity contribution in [3.05, 3.63) is 42.7 Å². The van der Waals surface area contributed by atoms with E-state index in [1.54, 1.807) is 10.9 Å². The Labute approximate surface area is 133 Å². The summed E-state index contributed by atoms with van der Waals surface area (Å²) >= 11 is 0. The number of carbonyl (C=O) groups is 1. The number of likely N-dealkylation sites (tertiary alicyclic amines) is 1. The zero-order chi connectivity index (χ0) is 15.6. The molecule has 0 bridgehead atoms. The summed E-state index contributed by atoms with van der Waals surface area (Å²) in [5.74, 6) is 0.113. The molecule has 0 aliphatic carbocycles. The van der Waals surface area contributed by atoms with Crippen LogP contribution in [0.5, 0.6) is 0 Å². The van der Waals surface area contributed by atoms with E-state index in [0.717, 1.165) is 48.1 Å². The van der Waals surface area contributed by atoms with E-state index in [1.165, 1.54) is 0 Å². The van der Waals surface area contributed by atoms with Gasteiger partial charge in [-0.2, -0.15) is 0 Å². The molecule has 1 aromatic carbocycles. The molecular formula is C17H17N5O. The minimum Gasteiger partial charge on any atom is -0.341 e. The number of pyridine rings is 1. The first-order chi connectivity index (χ1) is 11.3. The Morgan fingerprint density at radius 3 is 2.91 bits per heavy atom. The monoisotopic (exact) mass is 307 g/mol. The molecule has 6 heteroatoms. The second-order valence-electron chi connectivity index (χ2n) is 5.80. The van der Waals surface area contributed by atoms with Crippen molar-refractivity contribution in [2.24, 2.45) is 0 Å². The van der Waals surface area contributed by atoms with Crippen LogP contribution < -0.4 is 0 Å². The van der Waals surface area contributed by atoms with Crippen LogP contribution in [0, 0.1) is 0 Å². The highest BCUT2D eigenvalue weighted by atomic mass is 16.2.